The molecule has 80 valence electrons. The summed E-state index contributed by atoms with van der Waals surface area (Å²) in [5.41, 5.74) is 1.83. The topological polar surface area (TPSA) is 51.0 Å². The molecule has 1 unspecified atom stereocenters. The van der Waals surface area contributed by atoms with E-state index in [4.69, 9.17) is 4.42 Å². The second-order valence-corrected chi connectivity index (χ2v) is 4.35. The highest BCUT2D eigenvalue weighted by atomic mass is 32.1. The fourth-order valence-corrected chi connectivity index (χ4v) is 1.79. The van der Waals surface area contributed by atoms with Crippen LogP contribution in [0.5, 0.6) is 0 Å². The van der Waals surface area contributed by atoms with E-state index in [1.807, 2.05) is 25.6 Å². The molecule has 2 aromatic heterocycles. The molecule has 0 spiro atoms. The van der Waals surface area contributed by atoms with Gasteiger partial charge in [-0.05, 0) is 13.8 Å². The first-order valence-electron chi connectivity index (χ1n) is 4.79. The lowest BCUT2D eigenvalue weighted by Gasteiger charge is -2.08. The quantitative estimate of drug-likeness (QED) is 0.864. The van der Waals surface area contributed by atoms with Crippen molar-refractivity contribution in [2.24, 2.45) is 0 Å². The van der Waals surface area contributed by atoms with Gasteiger partial charge < -0.3 is 9.73 Å². The van der Waals surface area contributed by atoms with E-state index in [1.165, 1.54) is 4.88 Å². The van der Waals surface area contributed by atoms with Crippen LogP contribution in [0.25, 0.3) is 0 Å². The Morgan fingerprint density at radius 2 is 2.40 bits per heavy atom. The molecule has 2 aromatic rings. The van der Waals surface area contributed by atoms with Crippen LogP contribution >= 0.6 is 11.3 Å². The van der Waals surface area contributed by atoms with E-state index < -0.39 is 0 Å². The minimum atomic E-state index is 0.126. The van der Waals surface area contributed by atoms with Gasteiger partial charge in [-0.3, -0.25) is 4.98 Å². The molecule has 2 heterocycles. The fraction of sp³-hybridized carbons (Fsp3) is 0.400. The Hall–Kier alpha value is -1.20. The van der Waals surface area contributed by atoms with Crippen LogP contribution in [-0.2, 0) is 6.54 Å². The van der Waals surface area contributed by atoms with Crippen molar-refractivity contribution in [2.75, 3.05) is 0 Å². The summed E-state index contributed by atoms with van der Waals surface area (Å²) in [6.07, 6.45) is 3.60. The maximum Gasteiger partial charge on any atom is 0.211 e. The molecule has 0 aliphatic rings. The Kier molecular flexibility index (Phi) is 3.13. The molecule has 1 atom stereocenters. The van der Waals surface area contributed by atoms with Gasteiger partial charge in [0, 0.05) is 17.6 Å². The number of nitrogens with zero attached hydrogens (tertiary/aromatic N) is 2. The van der Waals surface area contributed by atoms with E-state index in [0.29, 0.717) is 0 Å². The minimum Gasteiger partial charge on any atom is -0.444 e. The van der Waals surface area contributed by atoms with Gasteiger partial charge >= 0.3 is 0 Å². The van der Waals surface area contributed by atoms with Gasteiger partial charge in [0.05, 0.1) is 17.7 Å². The standard InChI is InChI=1S/C10H13N3OS/c1-7-3-13-10(14-7)8(2)12-5-9-4-11-6-15-9/h3-4,6,8,12H,5H2,1-2H3. The monoisotopic (exact) mass is 223 g/mol. The molecule has 0 aliphatic carbocycles. The van der Waals surface area contributed by atoms with Crippen LogP contribution < -0.4 is 5.32 Å². The number of aryl methyl sites for hydroxylation is 1. The highest BCUT2D eigenvalue weighted by molar-refractivity contribution is 7.09. The van der Waals surface area contributed by atoms with Gasteiger partial charge in [-0.2, -0.15) is 0 Å². The molecule has 2 rings (SSSR count). The molecule has 0 radical (unpaired) electrons. The first-order chi connectivity index (χ1) is 7.25. The average Bonchev–Trinajstić information content (AvgIpc) is 2.84. The Morgan fingerprint density at radius 3 is 3.00 bits per heavy atom. The summed E-state index contributed by atoms with van der Waals surface area (Å²) in [5, 5.41) is 3.33. The summed E-state index contributed by atoms with van der Waals surface area (Å²) < 4.78 is 5.43. The number of aromatic nitrogens is 2. The molecule has 4 nitrogen and oxygen atoms in total. The Labute approximate surface area is 92.4 Å². The number of rotatable bonds is 4. The first-order valence-corrected chi connectivity index (χ1v) is 5.67. The molecule has 0 amide bonds. The zero-order valence-corrected chi connectivity index (χ0v) is 9.54. The summed E-state index contributed by atoms with van der Waals surface area (Å²) in [5.74, 6) is 1.58. The lowest BCUT2D eigenvalue weighted by molar-refractivity contribution is 0.403. The maximum atomic E-state index is 5.43. The molecule has 5 heteroatoms. The summed E-state index contributed by atoms with van der Waals surface area (Å²) in [6, 6.07) is 0.126. The predicted octanol–water partition coefficient (Wildman–Crippen LogP) is 2.29. The molecular formula is C10H13N3OS. The third-order valence-corrected chi connectivity index (χ3v) is 2.86. The largest absolute Gasteiger partial charge is 0.444 e. The van der Waals surface area contributed by atoms with Crippen LogP contribution in [0.3, 0.4) is 0 Å². The number of oxazole rings is 1. The van der Waals surface area contributed by atoms with E-state index in [9.17, 15) is 0 Å². The zero-order chi connectivity index (χ0) is 10.7. The number of nitrogens with one attached hydrogen (secondary N) is 1. The van der Waals surface area contributed by atoms with Crippen LogP contribution in [0.2, 0.25) is 0 Å². The van der Waals surface area contributed by atoms with Gasteiger partial charge in [-0.25, -0.2) is 4.98 Å². The van der Waals surface area contributed by atoms with Gasteiger partial charge in [0.2, 0.25) is 5.89 Å². The third kappa shape index (κ3) is 2.64. The maximum absolute atomic E-state index is 5.43. The van der Waals surface area contributed by atoms with Crippen LogP contribution in [0, 0.1) is 6.92 Å². The van der Waals surface area contributed by atoms with Crippen molar-refractivity contribution >= 4 is 11.3 Å². The predicted molar refractivity (Wildman–Crippen MR) is 58.6 cm³/mol. The van der Waals surface area contributed by atoms with Gasteiger partial charge in [0.1, 0.15) is 5.76 Å². The van der Waals surface area contributed by atoms with E-state index >= 15 is 0 Å². The van der Waals surface area contributed by atoms with Crippen molar-refractivity contribution < 1.29 is 4.42 Å². The van der Waals surface area contributed by atoms with Crippen LogP contribution in [0.1, 0.15) is 29.5 Å². The first kappa shape index (κ1) is 10.3. The van der Waals surface area contributed by atoms with Crippen molar-refractivity contribution in [2.45, 2.75) is 26.4 Å². The van der Waals surface area contributed by atoms with Gasteiger partial charge in [0.25, 0.3) is 0 Å². The zero-order valence-electron chi connectivity index (χ0n) is 8.73. The van der Waals surface area contributed by atoms with Crippen LogP contribution in [0.4, 0.5) is 0 Å². The third-order valence-electron chi connectivity index (χ3n) is 2.08. The molecule has 0 aliphatic heterocycles. The van der Waals surface area contributed by atoms with Gasteiger partial charge in [-0.15, -0.1) is 11.3 Å². The highest BCUT2D eigenvalue weighted by Gasteiger charge is 2.10. The Balaban J connectivity index is 1.90. The molecule has 0 fully saturated rings. The van der Waals surface area contributed by atoms with Crippen molar-refractivity contribution in [1.82, 2.24) is 15.3 Å². The number of hydrogen-bond acceptors (Lipinski definition) is 5. The van der Waals surface area contributed by atoms with E-state index in [2.05, 4.69) is 15.3 Å². The van der Waals surface area contributed by atoms with Crippen LogP contribution in [0.15, 0.2) is 22.3 Å². The smallest absolute Gasteiger partial charge is 0.211 e. The van der Waals surface area contributed by atoms with Crippen molar-refractivity contribution in [3.8, 4) is 0 Å². The summed E-state index contributed by atoms with van der Waals surface area (Å²) in [4.78, 5) is 9.40. The molecule has 15 heavy (non-hydrogen) atoms. The summed E-state index contributed by atoms with van der Waals surface area (Å²) in [7, 11) is 0. The van der Waals surface area contributed by atoms with Crippen molar-refractivity contribution in [3.63, 3.8) is 0 Å². The Morgan fingerprint density at radius 1 is 1.53 bits per heavy atom. The number of thiazole rings is 1. The summed E-state index contributed by atoms with van der Waals surface area (Å²) in [6.45, 7) is 4.73. The second kappa shape index (κ2) is 4.55. The minimum absolute atomic E-state index is 0.126. The Bertz CT molecular complexity index is 410. The van der Waals surface area contributed by atoms with E-state index in [-0.39, 0.29) is 6.04 Å². The second-order valence-electron chi connectivity index (χ2n) is 3.38. The van der Waals surface area contributed by atoms with Gasteiger partial charge in [0.15, 0.2) is 0 Å². The average molecular weight is 223 g/mol. The fourth-order valence-electron chi connectivity index (χ4n) is 1.24. The lowest BCUT2D eigenvalue weighted by Crippen LogP contribution is -2.17. The van der Waals surface area contributed by atoms with E-state index in [0.717, 1.165) is 18.2 Å². The number of hydrogen-bond donors (Lipinski definition) is 1. The highest BCUT2D eigenvalue weighted by Crippen LogP contribution is 2.13. The normalized spacial score (nSPS) is 12.9. The lowest BCUT2D eigenvalue weighted by atomic mass is 10.3. The van der Waals surface area contributed by atoms with Gasteiger partial charge in [-0.1, -0.05) is 0 Å². The summed E-state index contributed by atoms with van der Waals surface area (Å²) >= 11 is 1.64. The molecule has 0 saturated heterocycles. The van der Waals surface area contributed by atoms with Crippen molar-refractivity contribution in [3.05, 3.63) is 34.4 Å². The van der Waals surface area contributed by atoms with Crippen molar-refractivity contribution in [1.29, 1.82) is 0 Å². The molecule has 1 N–H and O–H groups in total. The molecular weight excluding hydrogens is 210 g/mol. The SMILES string of the molecule is Cc1cnc(C(C)NCc2cncs2)o1. The molecule has 0 bridgehead atoms. The van der Waals surface area contributed by atoms with E-state index in [1.54, 1.807) is 17.5 Å². The molecule has 0 aromatic carbocycles. The molecule has 0 saturated carbocycles. The van der Waals surface area contributed by atoms with Crippen LogP contribution in [-0.4, -0.2) is 9.97 Å².